The third-order valence-corrected chi connectivity index (χ3v) is 2.35. The molecule has 72 valence electrons. The van der Waals surface area contributed by atoms with Crippen LogP contribution < -0.4 is 0 Å². The first kappa shape index (κ1) is 10.0. The van der Waals surface area contributed by atoms with Gasteiger partial charge >= 0.3 is 0 Å². The Bertz CT molecular complexity index is 318. The van der Waals surface area contributed by atoms with E-state index in [1.54, 1.807) is 6.07 Å². The number of hydrogen-bond acceptors (Lipinski definition) is 3. The number of aromatic hydroxyl groups is 1. The average Bonchev–Trinajstić information content (AvgIpc) is 2.12. The van der Waals surface area contributed by atoms with Gasteiger partial charge < -0.3 is 15.3 Å². The van der Waals surface area contributed by atoms with Gasteiger partial charge in [0.25, 0.3) is 0 Å². The molecule has 0 aliphatic carbocycles. The Balaban J connectivity index is 3.39. The lowest BCUT2D eigenvalue weighted by atomic mass is 9.99. The second kappa shape index (κ2) is 3.77. The molecule has 3 heteroatoms. The van der Waals surface area contributed by atoms with E-state index in [0.29, 0.717) is 11.1 Å². The van der Waals surface area contributed by atoms with Gasteiger partial charge in [-0.3, -0.25) is 0 Å². The summed E-state index contributed by atoms with van der Waals surface area (Å²) in [6, 6.07) is 1.73. The van der Waals surface area contributed by atoms with Gasteiger partial charge in [-0.2, -0.15) is 0 Å². The molecule has 0 unspecified atom stereocenters. The van der Waals surface area contributed by atoms with Crippen LogP contribution in [0.15, 0.2) is 6.07 Å². The van der Waals surface area contributed by atoms with Gasteiger partial charge in [0.2, 0.25) is 0 Å². The molecule has 3 N–H and O–H groups in total. The molecule has 1 aromatic rings. The fourth-order valence-corrected chi connectivity index (χ4v) is 1.36. The van der Waals surface area contributed by atoms with Gasteiger partial charge in [-0.25, -0.2) is 0 Å². The minimum atomic E-state index is -0.208. The molecule has 3 nitrogen and oxygen atoms in total. The SMILES string of the molecule is Cc1cc(CO)c(O)c(CO)c1C. The number of aliphatic hydroxyl groups excluding tert-OH is 2. The zero-order valence-corrected chi connectivity index (χ0v) is 7.83. The smallest absolute Gasteiger partial charge is 0.126 e. The van der Waals surface area contributed by atoms with Crippen molar-refractivity contribution in [2.45, 2.75) is 27.1 Å². The third kappa shape index (κ3) is 1.66. The maximum atomic E-state index is 9.57. The van der Waals surface area contributed by atoms with E-state index in [1.165, 1.54) is 0 Å². The van der Waals surface area contributed by atoms with Crippen LogP contribution in [0.25, 0.3) is 0 Å². The third-order valence-electron chi connectivity index (χ3n) is 2.35. The lowest BCUT2D eigenvalue weighted by molar-refractivity contribution is 0.263. The Hall–Kier alpha value is -1.06. The van der Waals surface area contributed by atoms with Crippen LogP contribution in [0.5, 0.6) is 5.75 Å². The van der Waals surface area contributed by atoms with E-state index in [4.69, 9.17) is 10.2 Å². The summed E-state index contributed by atoms with van der Waals surface area (Å²) in [7, 11) is 0. The largest absolute Gasteiger partial charge is 0.507 e. The van der Waals surface area contributed by atoms with Crippen molar-refractivity contribution in [1.82, 2.24) is 0 Å². The second-order valence-corrected chi connectivity index (χ2v) is 3.12. The van der Waals surface area contributed by atoms with Crippen molar-refractivity contribution in [2.24, 2.45) is 0 Å². The molecule has 13 heavy (non-hydrogen) atoms. The molecule has 0 spiro atoms. The summed E-state index contributed by atoms with van der Waals surface area (Å²) < 4.78 is 0. The molecule has 0 amide bonds. The quantitative estimate of drug-likeness (QED) is 0.639. The number of phenols is 1. The molecule has 0 saturated carbocycles. The fraction of sp³-hybridized carbons (Fsp3) is 0.400. The summed E-state index contributed by atoms with van der Waals surface area (Å²) in [5.74, 6) is 0.00750. The molecule has 0 bridgehead atoms. The maximum Gasteiger partial charge on any atom is 0.126 e. The number of hydrogen-bond donors (Lipinski definition) is 3. The van der Waals surface area contributed by atoms with Crippen molar-refractivity contribution >= 4 is 0 Å². The molecule has 0 atom stereocenters. The lowest BCUT2D eigenvalue weighted by Crippen LogP contribution is -1.97. The Morgan fingerprint density at radius 2 is 1.77 bits per heavy atom. The topological polar surface area (TPSA) is 60.7 Å². The predicted molar refractivity (Wildman–Crippen MR) is 49.4 cm³/mol. The standard InChI is InChI=1S/C10H14O3/c1-6-3-8(4-11)10(13)9(5-12)7(6)2/h3,11-13H,4-5H2,1-2H3. The molecule has 0 radical (unpaired) electrons. The number of aryl methyl sites for hydroxylation is 1. The Labute approximate surface area is 77.3 Å². The Kier molecular flexibility index (Phi) is 2.90. The predicted octanol–water partition coefficient (Wildman–Crippen LogP) is 0.994. The van der Waals surface area contributed by atoms with E-state index in [0.717, 1.165) is 11.1 Å². The Morgan fingerprint density at radius 1 is 1.15 bits per heavy atom. The molecule has 0 aliphatic rings. The van der Waals surface area contributed by atoms with Crippen LogP contribution in [0.4, 0.5) is 0 Å². The summed E-state index contributed by atoms with van der Waals surface area (Å²) in [6.45, 7) is 3.31. The summed E-state index contributed by atoms with van der Waals surface area (Å²) in [6.07, 6.45) is 0. The normalized spacial score (nSPS) is 10.5. The zero-order chi connectivity index (χ0) is 10.0. The molecule has 1 rings (SSSR count). The molecule has 0 heterocycles. The monoisotopic (exact) mass is 182 g/mol. The minimum absolute atomic E-state index is 0.00750. The van der Waals surface area contributed by atoms with Crippen LogP contribution in [0.2, 0.25) is 0 Å². The van der Waals surface area contributed by atoms with Crippen LogP contribution >= 0.6 is 0 Å². The molecule has 1 aromatic carbocycles. The highest BCUT2D eigenvalue weighted by Gasteiger charge is 2.11. The first-order valence-electron chi connectivity index (χ1n) is 4.14. The molecule has 0 aliphatic heterocycles. The first-order chi connectivity index (χ1) is 6.11. The van der Waals surface area contributed by atoms with E-state index in [1.807, 2.05) is 13.8 Å². The first-order valence-corrected chi connectivity index (χ1v) is 4.14. The summed E-state index contributed by atoms with van der Waals surface area (Å²) >= 11 is 0. The summed E-state index contributed by atoms with van der Waals surface area (Å²) in [4.78, 5) is 0. The molecule has 0 fully saturated rings. The highest BCUT2D eigenvalue weighted by Crippen LogP contribution is 2.28. The summed E-state index contributed by atoms with van der Waals surface area (Å²) in [5, 5.41) is 27.5. The van der Waals surface area contributed by atoms with Crippen molar-refractivity contribution in [3.05, 3.63) is 28.3 Å². The van der Waals surface area contributed by atoms with Crippen molar-refractivity contribution in [1.29, 1.82) is 0 Å². The van der Waals surface area contributed by atoms with Gasteiger partial charge in [-0.05, 0) is 31.0 Å². The minimum Gasteiger partial charge on any atom is -0.507 e. The molecular formula is C10H14O3. The van der Waals surface area contributed by atoms with E-state index in [2.05, 4.69) is 0 Å². The van der Waals surface area contributed by atoms with Gasteiger partial charge in [0, 0.05) is 11.1 Å². The van der Waals surface area contributed by atoms with E-state index < -0.39 is 0 Å². The summed E-state index contributed by atoms with van der Waals surface area (Å²) in [5.41, 5.74) is 2.80. The van der Waals surface area contributed by atoms with Gasteiger partial charge in [0.1, 0.15) is 5.75 Å². The Morgan fingerprint density at radius 3 is 2.23 bits per heavy atom. The second-order valence-electron chi connectivity index (χ2n) is 3.12. The van der Waals surface area contributed by atoms with Gasteiger partial charge in [0.15, 0.2) is 0 Å². The van der Waals surface area contributed by atoms with Crippen LogP contribution in [0.1, 0.15) is 22.3 Å². The van der Waals surface area contributed by atoms with Crippen LogP contribution in [0.3, 0.4) is 0 Å². The number of rotatable bonds is 2. The molecular weight excluding hydrogens is 168 g/mol. The van der Waals surface area contributed by atoms with Gasteiger partial charge in [0.05, 0.1) is 13.2 Å². The van der Waals surface area contributed by atoms with E-state index >= 15 is 0 Å². The van der Waals surface area contributed by atoms with Crippen molar-refractivity contribution in [2.75, 3.05) is 0 Å². The lowest BCUT2D eigenvalue weighted by Gasteiger charge is -2.12. The molecule has 0 saturated heterocycles. The number of benzene rings is 1. The fourth-order valence-electron chi connectivity index (χ4n) is 1.36. The van der Waals surface area contributed by atoms with Crippen LogP contribution in [-0.4, -0.2) is 15.3 Å². The van der Waals surface area contributed by atoms with Crippen LogP contribution in [-0.2, 0) is 13.2 Å². The maximum absolute atomic E-state index is 9.57. The van der Waals surface area contributed by atoms with E-state index in [-0.39, 0.29) is 19.0 Å². The zero-order valence-electron chi connectivity index (χ0n) is 7.83. The van der Waals surface area contributed by atoms with E-state index in [9.17, 15) is 5.11 Å². The van der Waals surface area contributed by atoms with Crippen molar-refractivity contribution in [3.63, 3.8) is 0 Å². The highest BCUT2D eigenvalue weighted by atomic mass is 16.3. The highest BCUT2D eigenvalue weighted by molar-refractivity contribution is 5.48. The van der Waals surface area contributed by atoms with Gasteiger partial charge in [-0.15, -0.1) is 0 Å². The van der Waals surface area contributed by atoms with Crippen molar-refractivity contribution in [3.8, 4) is 5.75 Å². The van der Waals surface area contributed by atoms with Gasteiger partial charge in [-0.1, -0.05) is 0 Å². The average molecular weight is 182 g/mol. The van der Waals surface area contributed by atoms with Crippen LogP contribution in [0, 0.1) is 13.8 Å². The molecule has 0 aromatic heterocycles. The van der Waals surface area contributed by atoms with Crippen molar-refractivity contribution < 1.29 is 15.3 Å². The number of aliphatic hydroxyl groups is 2.